The Labute approximate surface area is 86.2 Å². The summed E-state index contributed by atoms with van der Waals surface area (Å²) in [5.74, 6) is 0.207. The third-order valence-corrected chi connectivity index (χ3v) is 1.83. The molecule has 0 atom stereocenters. The lowest BCUT2D eigenvalue weighted by Crippen LogP contribution is -1.96. The second kappa shape index (κ2) is 3.72. The molecule has 0 aliphatic rings. The molecule has 0 aromatic carbocycles. The van der Waals surface area contributed by atoms with Crippen LogP contribution in [0, 0.1) is 11.3 Å². The molecule has 0 bridgehead atoms. The topological polar surface area (TPSA) is 88.5 Å². The van der Waals surface area contributed by atoms with Gasteiger partial charge in [-0.05, 0) is 18.2 Å². The van der Waals surface area contributed by atoms with E-state index in [9.17, 15) is 0 Å². The Hall–Kier alpha value is -2.48. The quantitative estimate of drug-likeness (QED) is 0.736. The molecule has 2 heterocycles. The molecule has 0 amide bonds. The fourth-order valence-electron chi connectivity index (χ4n) is 1.13. The number of nitrogen functional groups attached to an aromatic ring is 1. The Bertz CT molecular complexity index is 512. The number of nitrogens with two attached hydrogens (primary N) is 1. The Kier molecular flexibility index (Phi) is 2.25. The van der Waals surface area contributed by atoms with E-state index in [-0.39, 0.29) is 5.95 Å². The summed E-state index contributed by atoms with van der Waals surface area (Å²) < 4.78 is 0. The van der Waals surface area contributed by atoms with E-state index in [1.165, 1.54) is 6.20 Å². The molecular formula is C10H7N5. The minimum Gasteiger partial charge on any atom is -0.368 e. The van der Waals surface area contributed by atoms with E-state index in [1.54, 1.807) is 24.4 Å². The van der Waals surface area contributed by atoms with Crippen LogP contribution in [0.3, 0.4) is 0 Å². The summed E-state index contributed by atoms with van der Waals surface area (Å²) in [7, 11) is 0. The van der Waals surface area contributed by atoms with Crippen LogP contribution in [0.15, 0.2) is 30.6 Å². The molecule has 0 saturated carbocycles. The van der Waals surface area contributed by atoms with Crippen LogP contribution < -0.4 is 5.73 Å². The number of nitrogens with zero attached hydrogens (tertiary/aromatic N) is 4. The van der Waals surface area contributed by atoms with E-state index in [0.29, 0.717) is 17.0 Å². The molecule has 0 aliphatic heterocycles. The average Bonchev–Trinajstić information content (AvgIpc) is 2.29. The van der Waals surface area contributed by atoms with E-state index in [0.717, 1.165) is 0 Å². The molecule has 0 unspecified atom stereocenters. The second-order valence-corrected chi connectivity index (χ2v) is 2.84. The van der Waals surface area contributed by atoms with Crippen molar-refractivity contribution in [3.8, 4) is 17.5 Å². The van der Waals surface area contributed by atoms with Crippen molar-refractivity contribution < 1.29 is 0 Å². The summed E-state index contributed by atoms with van der Waals surface area (Å²) in [6.07, 6.45) is 3.06. The first-order valence-electron chi connectivity index (χ1n) is 4.24. The zero-order valence-electron chi connectivity index (χ0n) is 7.75. The number of aromatic nitrogens is 3. The number of pyridine rings is 1. The first kappa shape index (κ1) is 9.09. The summed E-state index contributed by atoms with van der Waals surface area (Å²) >= 11 is 0. The van der Waals surface area contributed by atoms with Crippen molar-refractivity contribution in [2.24, 2.45) is 0 Å². The highest BCUT2D eigenvalue weighted by molar-refractivity contribution is 5.55. The lowest BCUT2D eigenvalue weighted by molar-refractivity contribution is 1.16. The molecule has 2 aromatic rings. The van der Waals surface area contributed by atoms with Gasteiger partial charge in [0.2, 0.25) is 5.95 Å². The molecule has 2 aromatic heterocycles. The van der Waals surface area contributed by atoms with Gasteiger partial charge in [0.15, 0.2) is 0 Å². The van der Waals surface area contributed by atoms with Crippen molar-refractivity contribution in [2.45, 2.75) is 0 Å². The van der Waals surface area contributed by atoms with Gasteiger partial charge in [-0.1, -0.05) is 0 Å². The molecule has 0 fully saturated rings. The van der Waals surface area contributed by atoms with Gasteiger partial charge in [-0.3, -0.25) is 4.98 Å². The minimum atomic E-state index is 0.207. The van der Waals surface area contributed by atoms with Crippen molar-refractivity contribution in [3.05, 3.63) is 36.2 Å². The van der Waals surface area contributed by atoms with E-state index < -0.39 is 0 Å². The Morgan fingerprint density at radius 2 is 2.00 bits per heavy atom. The zero-order chi connectivity index (χ0) is 10.7. The molecule has 0 radical (unpaired) electrons. The van der Waals surface area contributed by atoms with Crippen molar-refractivity contribution >= 4 is 5.95 Å². The van der Waals surface area contributed by atoms with Gasteiger partial charge in [0.05, 0.1) is 17.0 Å². The van der Waals surface area contributed by atoms with Gasteiger partial charge in [-0.2, -0.15) is 5.26 Å². The van der Waals surface area contributed by atoms with E-state index in [4.69, 9.17) is 11.0 Å². The van der Waals surface area contributed by atoms with Crippen LogP contribution in [0.1, 0.15) is 5.56 Å². The molecular weight excluding hydrogens is 190 g/mol. The van der Waals surface area contributed by atoms with Crippen LogP contribution in [0.4, 0.5) is 5.95 Å². The number of hydrogen-bond donors (Lipinski definition) is 1. The fourth-order valence-corrected chi connectivity index (χ4v) is 1.13. The van der Waals surface area contributed by atoms with Crippen molar-refractivity contribution in [1.82, 2.24) is 15.0 Å². The number of anilines is 1. The fraction of sp³-hybridized carbons (Fsp3) is 0. The van der Waals surface area contributed by atoms with Crippen LogP contribution in [-0.4, -0.2) is 15.0 Å². The molecule has 0 aliphatic carbocycles. The lowest BCUT2D eigenvalue weighted by atomic mass is 10.2. The molecule has 5 heteroatoms. The number of hydrogen-bond acceptors (Lipinski definition) is 5. The predicted molar refractivity (Wildman–Crippen MR) is 54.4 cm³/mol. The van der Waals surface area contributed by atoms with Crippen LogP contribution in [-0.2, 0) is 0 Å². The van der Waals surface area contributed by atoms with Gasteiger partial charge in [0, 0.05) is 12.4 Å². The average molecular weight is 197 g/mol. The third kappa shape index (κ3) is 1.89. The summed E-state index contributed by atoms with van der Waals surface area (Å²) in [6, 6.07) is 7.11. The van der Waals surface area contributed by atoms with E-state index in [2.05, 4.69) is 15.0 Å². The van der Waals surface area contributed by atoms with Crippen LogP contribution in [0.5, 0.6) is 0 Å². The largest absolute Gasteiger partial charge is 0.368 e. The van der Waals surface area contributed by atoms with Crippen LogP contribution in [0.2, 0.25) is 0 Å². The maximum atomic E-state index is 8.61. The maximum absolute atomic E-state index is 8.61. The maximum Gasteiger partial charge on any atom is 0.220 e. The first-order chi connectivity index (χ1) is 7.29. The Morgan fingerprint density at radius 1 is 1.13 bits per heavy atom. The third-order valence-electron chi connectivity index (χ3n) is 1.83. The summed E-state index contributed by atoms with van der Waals surface area (Å²) in [4.78, 5) is 11.9. The normalized spacial score (nSPS) is 9.53. The summed E-state index contributed by atoms with van der Waals surface area (Å²) in [5, 5.41) is 8.61. The highest BCUT2D eigenvalue weighted by Gasteiger charge is 2.01. The van der Waals surface area contributed by atoms with Gasteiger partial charge in [0.25, 0.3) is 0 Å². The summed E-state index contributed by atoms with van der Waals surface area (Å²) in [5.41, 5.74) is 7.28. The van der Waals surface area contributed by atoms with Crippen LogP contribution in [0.25, 0.3) is 11.4 Å². The van der Waals surface area contributed by atoms with E-state index >= 15 is 0 Å². The molecule has 15 heavy (non-hydrogen) atoms. The standard InChI is InChI=1S/C10H7N5/c11-5-7-1-2-8(14-6-7)9-3-4-13-10(12)15-9/h1-4,6H,(H2,12,13,15). The predicted octanol–water partition coefficient (Wildman–Crippen LogP) is 0.992. The van der Waals surface area contributed by atoms with Gasteiger partial charge < -0.3 is 5.73 Å². The molecule has 72 valence electrons. The molecule has 2 rings (SSSR count). The van der Waals surface area contributed by atoms with Crippen molar-refractivity contribution in [3.63, 3.8) is 0 Å². The van der Waals surface area contributed by atoms with Gasteiger partial charge >= 0.3 is 0 Å². The van der Waals surface area contributed by atoms with E-state index in [1.807, 2.05) is 6.07 Å². The summed E-state index contributed by atoms with van der Waals surface area (Å²) in [6.45, 7) is 0. The van der Waals surface area contributed by atoms with Gasteiger partial charge in [-0.25, -0.2) is 9.97 Å². The number of rotatable bonds is 1. The lowest BCUT2D eigenvalue weighted by Gasteiger charge is -1.99. The minimum absolute atomic E-state index is 0.207. The van der Waals surface area contributed by atoms with Gasteiger partial charge in [-0.15, -0.1) is 0 Å². The molecule has 0 spiro atoms. The molecule has 2 N–H and O–H groups in total. The second-order valence-electron chi connectivity index (χ2n) is 2.84. The van der Waals surface area contributed by atoms with Crippen molar-refractivity contribution in [1.29, 1.82) is 5.26 Å². The van der Waals surface area contributed by atoms with Crippen LogP contribution >= 0.6 is 0 Å². The molecule has 0 saturated heterocycles. The van der Waals surface area contributed by atoms with Gasteiger partial charge in [0.1, 0.15) is 6.07 Å². The Morgan fingerprint density at radius 3 is 2.60 bits per heavy atom. The SMILES string of the molecule is N#Cc1ccc(-c2ccnc(N)n2)nc1. The highest BCUT2D eigenvalue weighted by Crippen LogP contribution is 2.13. The zero-order valence-corrected chi connectivity index (χ0v) is 7.75. The highest BCUT2D eigenvalue weighted by atomic mass is 15.0. The smallest absolute Gasteiger partial charge is 0.220 e. The monoisotopic (exact) mass is 197 g/mol. The Balaban J connectivity index is 2.42. The molecule has 5 nitrogen and oxygen atoms in total. The first-order valence-corrected chi connectivity index (χ1v) is 4.24. The number of nitriles is 1. The van der Waals surface area contributed by atoms with Crippen molar-refractivity contribution in [2.75, 3.05) is 5.73 Å².